The first-order valence-electron chi connectivity index (χ1n) is 6.42. The van der Waals surface area contributed by atoms with Crippen molar-refractivity contribution in [1.29, 1.82) is 0 Å². The fraction of sp³-hybridized carbons (Fsp3) is 0.333. The largest absolute Gasteiger partial charge is 0.486 e. The highest BCUT2D eigenvalue weighted by atomic mass is 79.9. The van der Waals surface area contributed by atoms with Crippen LogP contribution in [0, 0.1) is 5.82 Å². The van der Waals surface area contributed by atoms with Crippen molar-refractivity contribution in [1.82, 2.24) is 5.32 Å². The average Bonchev–Trinajstić information content (AvgIpc) is 2.85. The van der Waals surface area contributed by atoms with Crippen LogP contribution in [0.15, 0.2) is 39.4 Å². The molecule has 0 atom stereocenters. The minimum absolute atomic E-state index is 0.225. The summed E-state index contributed by atoms with van der Waals surface area (Å²) in [7, 11) is 0. The molecule has 20 heavy (non-hydrogen) atoms. The maximum absolute atomic E-state index is 13.6. The van der Waals surface area contributed by atoms with Gasteiger partial charge < -0.3 is 14.5 Å². The van der Waals surface area contributed by atoms with Crippen molar-refractivity contribution in [3.8, 4) is 5.75 Å². The van der Waals surface area contributed by atoms with E-state index in [0.717, 1.165) is 15.8 Å². The topological polar surface area (TPSA) is 34.4 Å². The van der Waals surface area contributed by atoms with Crippen LogP contribution >= 0.6 is 15.9 Å². The third kappa shape index (κ3) is 4.08. The predicted octanol–water partition coefficient (Wildman–Crippen LogP) is 4.26. The summed E-state index contributed by atoms with van der Waals surface area (Å²) in [5.41, 5.74) is 0.914. The number of rotatable bonds is 6. The fourth-order valence-electron chi connectivity index (χ4n) is 1.69. The summed E-state index contributed by atoms with van der Waals surface area (Å²) in [5.74, 6) is 0.663. The Morgan fingerprint density at radius 3 is 2.90 bits per heavy atom. The Morgan fingerprint density at radius 2 is 2.15 bits per heavy atom. The van der Waals surface area contributed by atoms with Crippen LogP contribution < -0.4 is 10.1 Å². The molecule has 3 nitrogen and oxygen atoms in total. The van der Waals surface area contributed by atoms with Gasteiger partial charge in [-0.3, -0.25) is 0 Å². The average molecular weight is 342 g/mol. The zero-order chi connectivity index (χ0) is 14.5. The minimum atomic E-state index is -0.376. The lowest BCUT2D eigenvalue weighted by Gasteiger charge is -2.10. The van der Waals surface area contributed by atoms with E-state index in [1.807, 2.05) is 6.07 Å². The van der Waals surface area contributed by atoms with E-state index in [2.05, 4.69) is 35.1 Å². The Morgan fingerprint density at radius 1 is 1.35 bits per heavy atom. The van der Waals surface area contributed by atoms with Gasteiger partial charge in [0.05, 0.1) is 12.8 Å². The van der Waals surface area contributed by atoms with Crippen molar-refractivity contribution in [2.45, 2.75) is 33.0 Å². The second-order valence-corrected chi connectivity index (χ2v) is 5.68. The van der Waals surface area contributed by atoms with E-state index in [-0.39, 0.29) is 18.2 Å². The summed E-state index contributed by atoms with van der Waals surface area (Å²) in [6, 6.07) is 6.83. The van der Waals surface area contributed by atoms with Crippen molar-refractivity contribution >= 4 is 15.9 Å². The molecule has 0 amide bonds. The molecule has 0 unspecified atom stereocenters. The highest BCUT2D eigenvalue weighted by Gasteiger charge is 2.10. The van der Waals surface area contributed by atoms with Gasteiger partial charge in [-0.05, 0) is 24.3 Å². The Bertz CT molecular complexity index is 569. The first kappa shape index (κ1) is 15.1. The molecule has 2 rings (SSSR count). The van der Waals surface area contributed by atoms with Crippen LogP contribution in [-0.4, -0.2) is 6.04 Å². The van der Waals surface area contributed by atoms with Crippen molar-refractivity contribution in [2.75, 3.05) is 0 Å². The number of halogens is 2. The van der Waals surface area contributed by atoms with E-state index in [0.29, 0.717) is 12.6 Å². The molecule has 1 heterocycles. The summed E-state index contributed by atoms with van der Waals surface area (Å²) in [6.07, 6.45) is 1.62. The number of nitrogens with one attached hydrogen (secondary N) is 1. The van der Waals surface area contributed by atoms with E-state index in [4.69, 9.17) is 9.15 Å². The number of ether oxygens (including phenoxy) is 1. The molecular weight excluding hydrogens is 325 g/mol. The van der Waals surface area contributed by atoms with Crippen molar-refractivity contribution < 1.29 is 13.5 Å². The summed E-state index contributed by atoms with van der Waals surface area (Å²) < 4.78 is 25.3. The normalized spacial score (nSPS) is 11.1. The smallest absolute Gasteiger partial charge is 0.165 e. The molecule has 108 valence electrons. The molecule has 1 aromatic carbocycles. The fourth-order valence-corrected chi connectivity index (χ4v) is 2.03. The second-order valence-electron chi connectivity index (χ2n) is 4.77. The van der Waals surface area contributed by atoms with Gasteiger partial charge in [0.1, 0.15) is 12.4 Å². The molecule has 0 aliphatic heterocycles. The van der Waals surface area contributed by atoms with Gasteiger partial charge in [-0.25, -0.2) is 4.39 Å². The van der Waals surface area contributed by atoms with Crippen LogP contribution in [0.1, 0.15) is 25.2 Å². The van der Waals surface area contributed by atoms with E-state index in [9.17, 15) is 4.39 Å². The zero-order valence-electron chi connectivity index (χ0n) is 11.5. The lowest BCUT2D eigenvalue weighted by molar-refractivity contribution is 0.285. The maximum atomic E-state index is 13.6. The molecule has 0 aliphatic rings. The van der Waals surface area contributed by atoms with Gasteiger partial charge in [0.15, 0.2) is 11.6 Å². The van der Waals surface area contributed by atoms with Crippen LogP contribution in [-0.2, 0) is 13.2 Å². The maximum Gasteiger partial charge on any atom is 0.165 e. The highest BCUT2D eigenvalue weighted by Crippen LogP contribution is 2.23. The number of hydrogen-bond acceptors (Lipinski definition) is 3. The van der Waals surface area contributed by atoms with Crippen LogP contribution in [0.5, 0.6) is 5.75 Å². The monoisotopic (exact) mass is 341 g/mol. The first-order chi connectivity index (χ1) is 9.56. The second kappa shape index (κ2) is 6.90. The summed E-state index contributed by atoms with van der Waals surface area (Å²) in [6.45, 7) is 5.04. The van der Waals surface area contributed by atoms with Crippen LogP contribution in [0.4, 0.5) is 4.39 Å². The minimum Gasteiger partial charge on any atom is -0.486 e. The molecule has 5 heteroatoms. The lowest BCUT2D eigenvalue weighted by atomic mass is 10.2. The molecule has 1 aromatic heterocycles. The SMILES string of the molecule is CC(C)NCc1occc1COc1cc(Br)ccc1F. The molecule has 0 fully saturated rings. The van der Waals surface area contributed by atoms with E-state index in [1.54, 1.807) is 18.4 Å². The van der Waals surface area contributed by atoms with Crippen LogP contribution in [0.3, 0.4) is 0 Å². The Labute approximate surface area is 126 Å². The quantitative estimate of drug-likeness (QED) is 0.852. The summed E-state index contributed by atoms with van der Waals surface area (Å²) in [4.78, 5) is 0. The van der Waals surface area contributed by atoms with Crippen LogP contribution in [0.25, 0.3) is 0 Å². The number of hydrogen-bond donors (Lipinski definition) is 1. The molecule has 2 aromatic rings. The van der Waals surface area contributed by atoms with Crippen molar-refractivity contribution in [2.24, 2.45) is 0 Å². The van der Waals surface area contributed by atoms with Crippen LogP contribution in [0.2, 0.25) is 0 Å². The molecule has 0 bridgehead atoms. The van der Waals surface area contributed by atoms with Gasteiger partial charge in [0.2, 0.25) is 0 Å². The molecule has 0 saturated carbocycles. The molecule has 0 spiro atoms. The predicted molar refractivity (Wildman–Crippen MR) is 79.1 cm³/mol. The molecule has 1 N–H and O–H groups in total. The van der Waals surface area contributed by atoms with E-state index >= 15 is 0 Å². The lowest BCUT2D eigenvalue weighted by Crippen LogP contribution is -2.22. The first-order valence-corrected chi connectivity index (χ1v) is 7.22. The Kier molecular flexibility index (Phi) is 5.20. The highest BCUT2D eigenvalue weighted by molar-refractivity contribution is 9.10. The van der Waals surface area contributed by atoms with Crippen molar-refractivity contribution in [3.05, 3.63) is 52.1 Å². The zero-order valence-corrected chi connectivity index (χ0v) is 13.0. The van der Waals surface area contributed by atoms with Crippen molar-refractivity contribution in [3.63, 3.8) is 0 Å². The van der Waals surface area contributed by atoms with Gasteiger partial charge >= 0.3 is 0 Å². The third-order valence-corrected chi connectivity index (χ3v) is 3.28. The molecule has 0 radical (unpaired) electrons. The third-order valence-electron chi connectivity index (χ3n) is 2.78. The number of benzene rings is 1. The Hall–Kier alpha value is -1.33. The van der Waals surface area contributed by atoms with Gasteiger partial charge in [0.25, 0.3) is 0 Å². The number of furan rings is 1. The standard InChI is InChI=1S/C15H17BrFNO2/c1-10(2)18-8-15-11(5-6-19-15)9-20-14-7-12(16)3-4-13(14)17/h3-7,10,18H,8-9H2,1-2H3. The van der Waals surface area contributed by atoms with Gasteiger partial charge in [-0.2, -0.15) is 0 Å². The van der Waals surface area contributed by atoms with Gasteiger partial charge in [-0.1, -0.05) is 29.8 Å². The van der Waals surface area contributed by atoms with E-state index < -0.39 is 0 Å². The molecular formula is C15H17BrFNO2. The molecule has 0 saturated heterocycles. The summed E-state index contributed by atoms with van der Waals surface area (Å²) in [5, 5.41) is 3.28. The van der Waals surface area contributed by atoms with E-state index in [1.165, 1.54) is 6.07 Å². The van der Waals surface area contributed by atoms with Gasteiger partial charge in [-0.15, -0.1) is 0 Å². The Balaban J connectivity index is 2.00. The molecule has 0 aliphatic carbocycles. The van der Waals surface area contributed by atoms with Gasteiger partial charge in [0, 0.05) is 16.1 Å². The summed E-state index contributed by atoms with van der Waals surface area (Å²) >= 11 is 3.30.